The first-order valence-corrected chi connectivity index (χ1v) is 7.77. The third-order valence-corrected chi connectivity index (χ3v) is 4.45. The summed E-state index contributed by atoms with van der Waals surface area (Å²) in [5.41, 5.74) is 17.1. The van der Waals surface area contributed by atoms with Crippen molar-refractivity contribution in [2.75, 3.05) is 5.73 Å². The van der Waals surface area contributed by atoms with Crippen LogP contribution >= 0.6 is 0 Å². The van der Waals surface area contributed by atoms with Crippen LogP contribution in [0.15, 0.2) is 30.3 Å². The van der Waals surface area contributed by atoms with Gasteiger partial charge in [-0.25, -0.2) is 0 Å². The molecule has 4 rings (SSSR count). The van der Waals surface area contributed by atoms with Crippen molar-refractivity contribution < 1.29 is 4.79 Å². The van der Waals surface area contributed by atoms with Crippen LogP contribution in [0, 0.1) is 13.8 Å². The largest absolute Gasteiger partial charge is 0.396 e. The van der Waals surface area contributed by atoms with Crippen LogP contribution in [0.3, 0.4) is 0 Å². The van der Waals surface area contributed by atoms with Crippen molar-refractivity contribution in [1.29, 1.82) is 0 Å². The van der Waals surface area contributed by atoms with Crippen molar-refractivity contribution in [3.05, 3.63) is 47.3 Å². The Balaban J connectivity index is 2.05. The van der Waals surface area contributed by atoms with Gasteiger partial charge in [0.25, 0.3) is 5.91 Å². The van der Waals surface area contributed by atoms with Gasteiger partial charge in [0.2, 0.25) is 0 Å². The number of aromatic nitrogens is 4. The molecule has 1 amide bonds. The van der Waals surface area contributed by atoms with E-state index in [2.05, 4.69) is 26.5 Å². The lowest BCUT2D eigenvalue weighted by atomic mass is 9.95. The highest BCUT2D eigenvalue weighted by molar-refractivity contribution is 6.08. The van der Waals surface area contributed by atoms with E-state index < -0.39 is 5.91 Å². The number of hydrogen-bond donors (Lipinski definition) is 3. The third-order valence-electron chi connectivity index (χ3n) is 4.45. The molecule has 2 aromatic heterocycles. The van der Waals surface area contributed by atoms with E-state index in [0.29, 0.717) is 10.9 Å². The summed E-state index contributed by atoms with van der Waals surface area (Å²) >= 11 is 0. The Kier molecular flexibility index (Phi) is 3.18. The number of amides is 1. The summed E-state index contributed by atoms with van der Waals surface area (Å²) in [6.07, 6.45) is 0. The summed E-state index contributed by atoms with van der Waals surface area (Å²) in [6, 6.07) is 9.81. The first-order valence-electron chi connectivity index (χ1n) is 7.77. The summed E-state index contributed by atoms with van der Waals surface area (Å²) in [7, 11) is 0. The number of nitrogens with one attached hydrogen (secondary N) is 1. The fourth-order valence-electron chi connectivity index (χ4n) is 3.13. The standard InChI is InChI=1S/C18H16N6O/c1-8-3-5-11-15(19)17(18(20)25)24-23-16(11)14(8)10-4-6-13-12(7-10)9(2)21-22-13/h3-7H,1-2H3,(H2,19,23)(H2,20,25)(H,21,22). The van der Waals surface area contributed by atoms with Gasteiger partial charge in [0, 0.05) is 22.0 Å². The number of fused-ring (bicyclic) bond motifs is 2. The van der Waals surface area contributed by atoms with Crippen LogP contribution in [0.1, 0.15) is 21.7 Å². The van der Waals surface area contributed by atoms with E-state index in [9.17, 15) is 4.79 Å². The molecule has 4 aromatic rings. The number of aryl methyl sites for hydroxylation is 2. The Hall–Kier alpha value is -3.48. The average molecular weight is 332 g/mol. The lowest BCUT2D eigenvalue weighted by Crippen LogP contribution is -2.16. The first kappa shape index (κ1) is 15.1. The van der Waals surface area contributed by atoms with E-state index in [1.54, 1.807) is 0 Å². The van der Waals surface area contributed by atoms with Gasteiger partial charge in [-0.05, 0) is 37.1 Å². The number of benzene rings is 2. The van der Waals surface area contributed by atoms with Gasteiger partial charge in [-0.1, -0.05) is 18.2 Å². The van der Waals surface area contributed by atoms with Crippen molar-refractivity contribution >= 4 is 33.4 Å². The normalized spacial score (nSPS) is 11.3. The monoisotopic (exact) mass is 332 g/mol. The zero-order chi connectivity index (χ0) is 17.7. The molecule has 0 unspecified atom stereocenters. The van der Waals surface area contributed by atoms with E-state index in [-0.39, 0.29) is 11.4 Å². The molecule has 7 heteroatoms. The van der Waals surface area contributed by atoms with Crippen molar-refractivity contribution in [2.24, 2.45) is 5.73 Å². The highest BCUT2D eigenvalue weighted by Gasteiger charge is 2.17. The Morgan fingerprint density at radius 3 is 2.64 bits per heavy atom. The van der Waals surface area contributed by atoms with Crippen molar-refractivity contribution in [2.45, 2.75) is 13.8 Å². The van der Waals surface area contributed by atoms with Gasteiger partial charge in [0.05, 0.1) is 11.2 Å². The van der Waals surface area contributed by atoms with Crippen LogP contribution in [0.25, 0.3) is 32.9 Å². The van der Waals surface area contributed by atoms with Gasteiger partial charge in [-0.3, -0.25) is 9.89 Å². The molecule has 0 aliphatic rings. The maximum absolute atomic E-state index is 11.5. The number of nitrogen functional groups attached to an aromatic ring is 1. The van der Waals surface area contributed by atoms with Gasteiger partial charge in [-0.15, -0.1) is 10.2 Å². The SMILES string of the molecule is Cc1ccc2c(N)c(C(N)=O)nnc2c1-c1ccc2n[nH]c(C)c2c1. The molecule has 5 N–H and O–H groups in total. The Morgan fingerprint density at radius 1 is 1.08 bits per heavy atom. The average Bonchev–Trinajstić information content (AvgIpc) is 2.95. The molecule has 0 spiro atoms. The van der Waals surface area contributed by atoms with Crippen LogP contribution in [-0.4, -0.2) is 26.3 Å². The van der Waals surface area contributed by atoms with Crippen molar-refractivity contribution in [3.8, 4) is 11.1 Å². The number of hydrogen-bond acceptors (Lipinski definition) is 5. The molecule has 2 heterocycles. The van der Waals surface area contributed by atoms with Crippen LogP contribution in [0.5, 0.6) is 0 Å². The maximum atomic E-state index is 11.5. The zero-order valence-electron chi connectivity index (χ0n) is 13.8. The number of rotatable bonds is 2. The van der Waals surface area contributed by atoms with E-state index in [1.165, 1.54) is 0 Å². The first-order chi connectivity index (χ1) is 12.0. The molecule has 0 aliphatic heterocycles. The van der Waals surface area contributed by atoms with E-state index >= 15 is 0 Å². The number of primary amides is 1. The molecule has 0 bridgehead atoms. The summed E-state index contributed by atoms with van der Waals surface area (Å²) in [5.74, 6) is -0.690. The van der Waals surface area contributed by atoms with Gasteiger partial charge in [0.15, 0.2) is 5.69 Å². The Labute approximate surface area is 143 Å². The third kappa shape index (κ3) is 2.20. The molecule has 0 atom stereocenters. The van der Waals surface area contributed by atoms with E-state index in [0.717, 1.165) is 33.3 Å². The van der Waals surface area contributed by atoms with E-state index in [1.807, 2.05) is 38.1 Å². The summed E-state index contributed by atoms with van der Waals surface area (Å²) in [4.78, 5) is 11.5. The Bertz CT molecular complexity index is 1160. The molecule has 0 saturated carbocycles. The predicted octanol–water partition coefficient (Wildman–Crippen LogP) is 2.47. The molecular formula is C18H16N6O. The second-order valence-electron chi connectivity index (χ2n) is 6.06. The van der Waals surface area contributed by atoms with Crippen LogP contribution in [0.2, 0.25) is 0 Å². The van der Waals surface area contributed by atoms with Crippen LogP contribution in [0.4, 0.5) is 5.69 Å². The lowest BCUT2D eigenvalue weighted by Gasteiger charge is -2.12. The topological polar surface area (TPSA) is 124 Å². The maximum Gasteiger partial charge on any atom is 0.271 e. The molecule has 0 saturated heterocycles. The number of nitrogens with zero attached hydrogens (tertiary/aromatic N) is 3. The number of H-pyrrole nitrogens is 1. The fourth-order valence-corrected chi connectivity index (χ4v) is 3.13. The molecule has 0 fully saturated rings. The van der Waals surface area contributed by atoms with Crippen LogP contribution < -0.4 is 11.5 Å². The van der Waals surface area contributed by atoms with Crippen molar-refractivity contribution in [1.82, 2.24) is 20.4 Å². The van der Waals surface area contributed by atoms with E-state index in [4.69, 9.17) is 11.5 Å². The van der Waals surface area contributed by atoms with Gasteiger partial charge in [0.1, 0.15) is 5.52 Å². The molecule has 2 aromatic carbocycles. The van der Waals surface area contributed by atoms with Gasteiger partial charge >= 0.3 is 0 Å². The molecular weight excluding hydrogens is 316 g/mol. The van der Waals surface area contributed by atoms with Crippen molar-refractivity contribution in [3.63, 3.8) is 0 Å². The summed E-state index contributed by atoms with van der Waals surface area (Å²) in [5, 5.41) is 17.1. The highest BCUT2D eigenvalue weighted by Crippen LogP contribution is 2.35. The quantitative estimate of drug-likeness (QED) is 0.520. The minimum Gasteiger partial charge on any atom is -0.396 e. The van der Waals surface area contributed by atoms with Gasteiger partial charge in [-0.2, -0.15) is 5.10 Å². The zero-order valence-corrected chi connectivity index (χ0v) is 13.8. The number of nitrogens with two attached hydrogens (primary N) is 2. The summed E-state index contributed by atoms with van der Waals surface area (Å²) < 4.78 is 0. The predicted molar refractivity (Wildman–Crippen MR) is 97.0 cm³/mol. The number of carbonyl (C=O) groups is 1. The number of carbonyl (C=O) groups excluding carboxylic acids is 1. The smallest absolute Gasteiger partial charge is 0.271 e. The molecule has 0 aliphatic carbocycles. The molecule has 0 radical (unpaired) electrons. The number of aromatic amines is 1. The minimum atomic E-state index is -0.690. The summed E-state index contributed by atoms with van der Waals surface area (Å²) in [6.45, 7) is 3.98. The van der Waals surface area contributed by atoms with Crippen LogP contribution in [-0.2, 0) is 0 Å². The highest BCUT2D eigenvalue weighted by atomic mass is 16.1. The minimum absolute atomic E-state index is 0.0107. The second-order valence-corrected chi connectivity index (χ2v) is 6.06. The Morgan fingerprint density at radius 2 is 1.88 bits per heavy atom. The number of anilines is 1. The molecule has 7 nitrogen and oxygen atoms in total. The second kappa shape index (κ2) is 5.27. The van der Waals surface area contributed by atoms with Gasteiger partial charge < -0.3 is 11.5 Å². The molecule has 25 heavy (non-hydrogen) atoms. The molecule has 124 valence electrons. The fraction of sp³-hybridized carbons (Fsp3) is 0.111. The lowest BCUT2D eigenvalue weighted by molar-refractivity contribution is 0.0996.